The van der Waals surface area contributed by atoms with Crippen LogP contribution in [0.1, 0.15) is 39.4 Å². The van der Waals surface area contributed by atoms with Crippen molar-refractivity contribution in [3.8, 4) is 5.88 Å². The highest BCUT2D eigenvalue weighted by Gasteiger charge is 2.16. The van der Waals surface area contributed by atoms with E-state index in [1.165, 1.54) is 19.2 Å². The van der Waals surface area contributed by atoms with E-state index >= 15 is 0 Å². The molecule has 2 rings (SSSR count). The van der Waals surface area contributed by atoms with E-state index in [0.717, 1.165) is 5.56 Å². The van der Waals surface area contributed by atoms with Crippen LogP contribution in [0.15, 0.2) is 42.5 Å². The van der Waals surface area contributed by atoms with E-state index in [9.17, 15) is 9.59 Å². The summed E-state index contributed by atoms with van der Waals surface area (Å²) < 4.78 is 4.93. The first-order valence-corrected chi connectivity index (χ1v) is 6.66. The van der Waals surface area contributed by atoms with Crippen molar-refractivity contribution in [1.29, 1.82) is 0 Å². The summed E-state index contributed by atoms with van der Waals surface area (Å²) in [6.07, 6.45) is 0. The van der Waals surface area contributed by atoms with E-state index in [0.29, 0.717) is 0 Å². The summed E-state index contributed by atoms with van der Waals surface area (Å²) in [7, 11) is 1.36. The van der Waals surface area contributed by atoms with Gasteiger partial charge in [-0.05, 0) is 18.6 Å². The lowest BCUT2D eigenvalue weighted by atomic mass is 10.1. The summed E-state index contributed by atoms with van der Waals surface area (Å²) in [5.74, 6) is -1.53. The predicted molar refractivity (Wildman–Crippen MR) is 80.1 cm³/mol. The van der Waals surface area contributed by atoms with Crippen molar-refractivity contribution < 1.29 is 19.4 Å². The number of carboxylic acid groups (broad SMARTS) is 1. The fraction of sp³-hybridized carbons (Fsp3) is 0.188. The topological polar surface area (TPSA) is 88.5 Å². The third-order valence-corrected chi connectivity index (χ3v) is 3.14. The molecule has 2 N–H and O–H groups in total. The van der Waals surface area contributed by atoms with Gasteiger partial charge in [0, 0.05) is 11.6 Å². The second kappa shape index (κ2) is 6.71. The van der Waals surface area contributed by atoms with Crippen LogP contribution in [0.5, 0.6) is 5.88 Å². The molecule has 0 aliphatic rings. The van der Waals surface area contributed by atoms with Crippen LogP contribution in [-0.2, 0) is 0 Å². The van der Waals surface area contributed by atoms with Crippen LogP contribution in [0.2, 0.25) is 0 Å². The Bertz CT molecular complexity index is 686. The molecular formula is C16H16N2O4. The van der Waals surface area contributed by atoms with Gasteiger partial charge >= 0.3 is 5.97 Å². The molecule has 2 aromatic rings. The van der Waals surface area contributed by atoms with Crippen molar-refractivity contribution >= 4 is 11.9 Å². The Morgan fingerprint density at radius 2 is 1.91 bits per heavy atom. The first kappa shape index (κ1) is 15.5. The largest absolute Gasteiger partial charge is 0.481 e. The molecule has 1 atom stereocenters. The molecule has 0 bridgehead atoms. The molecule has 6 nitrogen and oxygen atoms in total. The molecule has 22 heavy (non-hydrogen) atoms. The monoisotopic (exact) mass is 300 g/mol. The van der Waals surface area contributed by atoms with Crippen LogP contribution in [0.25, 0.3) is 0 Å². The van der Waals surface area contributed by atoms with Gasteiger partial charge in [0.1, 0.15) is 0 Å². The third-order valence-electron chi connectivity index (χ3n) is 3.14. The number of aromatic carboxylic acids is 1. The van der Waals surface area contributed by atoms with Crippen molar-refractivity contribution in [1.82, 2.24) is 10.3 Å². The Hall–Kier alpha value is -2.89. The quantitative estimate of drug-likeness (QED) is 0.884. The van der Waals surface area contributed by atoms with Gasteiger partial charge < -0.3 is 15.2 Å². The van der Waals surface area contributed by atoms with Gasteiger partial charge in [-0.15, -0.1) is 0 Å². The number of rotatable bonds is 5. The maximum Gasteiger partial charge on any atom is 0.354 e. The van der Waals surface area contributed by atoms with Gasteiger partial charge in [-0.25, -0.2) is 9.78 Å². The lowest BCUT2D eigenvalue weighted by Gasteiger charge is -2.14. The Morgan fingerprint density at radius 3 is 2.50 bits per heavy atom. The number of nitrogens with one attached hydrogen (secondary N) is 1. The van der Waals surface area contributed by atoms with Crippen LogP contribution in [0.4, 0.5) is 0 Å². The molecule has 0 saturated heterocycles. The number of carbonyl (C=O) groups excluding carboxylic acids is 1. The van der Waals surface area contributed by atoms with Crippen molar-refractivity contribution in [2.24, 2.45) is 0 Å². The minimum atomic E-state index is -1.22. The molecule has 1 heterocycles. The molecule has 114 valence electrons. The second-order valence-electron chi connectivity index (χ2n) is 4.69. The van der Waals surface area contributed by atoms with E-state index in [4.69, 9.17) is 9.84 Å². The summed E-state index contributed by atoms with van der Waals surface area (Å²) in [4.78, 5) is 27.1. The molecular weight excluding hydrogens is 284 g/mol. The highest BCUT2D eigenvalue weighted by molar-refractivity contribution is 5.97. The van der Waals surface area contributed by atoms with Gasteiger partial charge in [-0.2, -0.15) is 0 Å². The highest BCUT2D eigenvalue weighted by atomic mass is 16.5. The van der Waals surface area contributed by atoms with Gasteiger partial charge in [-0.3, -0.25) is 4.79 Å². The van der Waals surface area contributed by atoms with Gasteiger partial charge in [-0.1, -0.05) is 30.3 Å². The molecule has 0 aliphatic heterocycles. The van der Waals surface area contributed by atoms with Crippen LogP contribution < -0.4 is 10.1 Å². The van der Waals surface area contributed by atoms with Crippen LogP contribution in [0, 0.1) is 0 Å². The standard InChI is InChI=1S/C16H16N2O4/c1-10(11-6-4-3-5-7-11)17-15(19)12-8-13(16(20)21)18-14(9-12)22-2/h3-10H,1-2H3,(H,17,19)(H,20,21)/t10-/m1/s1. The Labute approximate surface area is 127 Å². The lowest BCUT2D eigenvalue weighted by Crippen LogP contribution is -2.27. The number of nitrogens with zero attached hydrogens (tertiary/aromatic N) is 1. The molecule has 1 aromatic carbocycles. The normalized spacial score (nSPS) is 11.5. The minimum Gasteiger partial charge on any atom is -0.481 e. The van der Waals surface area contributed by atoms with Gasteiger partial charge in [0.05, 0.1) is 13.2 Å². The maximum atomic E-state index is 12.3. The van der Waals surface area contributed by atoms with E-state index in [1.54, 1.807) is 0 Å². The van der Waals surface area contributed by atoms with E-state index in [-0.39, 0.29) is 29.1 Å². The fourth-order valence-corrected chi connectivity index (χ4v) is 1.96. The van der Waals surface area contributed by atoms with Crippen molar-refractivity contribution in [3.63, 3.8) is 0 Å². The zero-order chi connectivity index (χ0) is 16.1. The number of hydrogen-bond acceptors (Lipinski definition) is 4. The molecule has 6 heteroatoms. The lowest BCUT2D eigenvalue weighted by molar-refractivity contribution is 0.0689. The van der Waals surface area contributed by atoms with Crippen molar-refractivity contribution in [2.45, 2.75) is 13.0 Å². The number of pyridine rings is 1. The van der Waals surface area contributed by atoms with Gasteiger partial charge in [0.25, 0.3) is 5.91 Å². The average molecular weight is 300 g/mol. The number of carboxylic acids is 1. The number of aromatic nitrogens is 1. The summed E-state index contributed by atoms with van der Waals surface area (Å²) in [5.41, 5.74) is 0.902. The van der Waals surface area contributed by atoms with E-state index in [1.807, 2.05) is 37.3 Å². The number of ether oxygens (including phenoxy) is 1. The molecule has 0 fully saturated rings. The van der Waals surface area contributed by atoms with Gasteiger partial charge in [0.15, 0.2) is 5.69 Å². The van der Waals surface area contributed by atoms with E-state index in [2.05, 4.69) is 10.3 Å². The Kier molecular flexibility index (Phi) is 4.73. The number of benzene rings is 1. The summed E-state index contributed by atoms with van der Waals surface area (Å²) in [5, 5.41) is 11.8. The highest BCUT2D eigenvalue weighted by Crippen LogP contribution is 2.16. The Morgan fingerprint density at radius 1 is 1.23 bits per heavy atom. The SMILES string of the molecule is COc1cc(C(=O)N[C@H](C)c2ccccc2)cc(C(=O)O)n1. The minimum absolute atomic E-state index is 0.0809. The molecule has 0 spiro atoms. The number of amides is 1. The summed E-state index contributed by atoms with van der Waals surface area (Å²) in [6, 6.07) is 11.9. The molecule has 1 amide bonds. The van der Waals surface area contributed by atoms with Gasteiger partial charge in [0.2, 0.25) is 5.88 Å². The summed E-state index contributed by atoms with van der Waals surface area (Å²) in [6.45, 7) is 1.85. The molecule has 0 radical (unpaired) electrons. The Balaban J connectivity index is 2.22. The predicted octanol–water partition coefficient (Wildman–Crippen LogP) is 2.28. The number of carbonyl (C=O) groups is 2. The maximum absolute atomic E-state index is 12.3. The second-order valence-corrected chi connectivity index (χ2v) is 4.69. The van der Waals surface area contributed by atoms with Crippen LogP contribution in [-0.4, -0.2) is 29.1 Å². The smallest absolute Gasteiger partial charge is 0.354 e. The average Bonchev–Trinajstić information content (AvgIpc) is 2.54. The van der Waals surface area contributed by atoms with Crippen molar-refractivity contribution in [2.75, 3.05) is 7.11 Å². The van der Waals surface area contributed by atoms with Crippen molar-refractivity contribution in [3.05, 3.63) is 59.3 Å². The number of methoxy groups -OCH3 is 1. The van der Waals surface area contributed by atoms with Crippen LogP contribution >= 0.6 is 0 Å². The molecule has 0 unspecified atom stereocenters. The molecule has 0 aliphatic carbocycles. The molecule has 0 saturated carbocycles. The van der Waals surface area contributed by atoms with Crippen LogP contribution in [0.3, 0.4) is 0 Å². The van der Waals surface area contributed by atoms with E-state index < -0.39 is 5.97 Å². The zero-order valence-corrected chi connectivity index (χ0v) is 12.2. The fourth-order valence-electron chi connectivity index (χ4n) is 1.96. The first-order chi connectivity index (χ1) is 10.5. The first-order valence-electron chi connectivity index (χ1n) is 6.66. The number of hydrogen-bond donors (Lipinski definition) is 2. The summed E-state index contributed by atoms with van der Waals surface area (Å²) >= 11 is 0. The third kappa shape index (κ3) is 3.60. The zero-order valence-electron chi connectivity index (χ0n) is 12.2. The molecule has 1 aromatic heterocycles.